The molecule has 1 fully saturated rings. The molecule has 0 unspecified atom stereocenters. The van der Waals surface area contributed by atoms with Crippen molar-refractivity contribution in [3.8, 4) is 0 Å². The SMILES string of the molecule is CC1=C[C@@H](O/C=C2/C(=O)O[C@@H]3c4cc(Cl)ccc4C[C@H]23)OC1=O. The molecular formula is C17H13ClO5. The highest BCUT2D eigenvalue weighted by atomic mass is 35.5. The summed E-state index contributed by atoms with van der Waals surface area (Å²) in [5.41, 5.74) is 3.01. The number of fused-ring (bicyclic) bond motifs is 3. The zero-order valence-corrected chi connectivity index (χ0v) is 13.0. The number of hydrogen-bond acceptors (Lipinski definition) is 5. The topological polar surface area (TPSA) is 61.8 Å². The molecule has 1 aromatic carbocycles. The molecule has 2 aliphatic heterocycles. The Bertz CT molecular complexity index is 779. The van der Waals surface area contributed by atoms with Crippen LogP contribution in [0.25, 0.3) is 0 Å². The third kappa shape index (κ3) is 2.32. The third-order valence-electron chi connectivity index (χ3n) is 4.35. The highest BCUT2D eigenvalue weighted by Gasteiger charge is 2.46. The average molecular weight is 333 g/mol. The fraction of sp³-hybridized carbons (Fsp3) is 0.294. The molecule has 3 aliphatic rings. The molecule has 0 radical (unpaired) electrons. The van der Waals surface area contributed by atoms with Crippen molar-refractivity contribution in [2.75, 3.05) is 0 Å². The highest BCUT2D eigenvalue weighted by molar-refractivity contribution is 6.30. The Balaban J connectivity index is 1.56. The van der Waals surface area contributed by atoms with Gasteiger partial charge >= 0.3 is 11.9 Å². The van der Waals surface area contributed by atoms with Crippen LogP contribution < -0.4 is 0 Å². The summed E-state index contributed by atoms with van der Waals surface area (Å²) in [6, 6.07) is 5.62. The third-order valence-corrected chi connectivity index (χ3v) is 4.58. The normalized spacial score (nSPS) is 29.9. The van der Waals surface area contributed by atoms with Gasteiger partial charge in [0.2, 0.25) is 0 Å². The van der Waals surface area contributed by atoms with Crippen molar-refractivity contribution in [1.29, 1.82) is 0 Å². The quantitative estimate of drug-likeness (QED) is 0.473. The molecule has 3 atom stereocenters. The Labute approximate surface area is 137 Å². The number of ether oxygens (including phenoxy) is 3. The lowest BCUT2D eigenvalue weighted by molar-refractivity contribution is -0.152. The second kappa shape index (κ2) is 5.13. The molecule has 5 nitrogen and oxygen atoms in total. The van der Waals surface area contributed by atoms with Crippen LogP contribution in [-0.4, -0.2) is 18.2 Å². The molecule has 0 saturated carbocycles. The van der Waals surface area contributed by atoms with Gasteiger partial charge in [-0.25, -0.2) is 9.59 Å². The van der Waals surface area contributed by atoms with Gasteiger partial charge in [0.15, 0.2) is 0 Å². The maximum absolute atomic E-state index is 12.1. The molecule has 2 heterocycles. The molecule has 0 N–H and O–H groups in total. The molecule has 1 aromatic rings. The fourth-order valence-corrected chi connectivity index (χ4v) is 3.36. The zero-order chi connectivity index (χ0) is 16.1. The molecule has 0 amide bonds. The average Bonchev–Trinajstić information content (AvgIpc) is 3.10. The van der Waals surface area contributed by atoms with E-state index in [1.54, 1.807) is 13.0 Å². The summed E-state index contributed by atoms with van der Waals surface area (Å²) in [6.45, 7) is 1.65. The predicted octanol–water partition coefficient (Wildman–Crippen LogP) is 2.84. The van der Waals surface area contributed by atoms with Crippen molar-refractivity contribution in [1.82, 2.24) is 0 Å². The van der Waals surface area contributed by atoms with Gasteiger partial charge in [0.25, 0.3) is 6.29 Å². The van der Waals surface area contributed by atoms with Gasteiger partial charge in [-0.15, -0.1) is 0 Å². The number of cyclic esters (lactones) is 1. The number of carbonyl (C=O) groups is 2. The summed E-state index contributed by atoms with van der Waals surface area (Å²) in [4.78, 5) is 23.4. The van der Waals surface area contributed by atoms with Crippen LogP contribution in [0.2, 0.25) is 5.02 Å². The van der Waals surface area contributed by atoms with Crippen LogP contribution in [0, 0.1) is 5.92 Å². The minimum absolute atomic E-state index is 0.0989. The fourth-order valence-electron chi connectivity index (χ4n) is 3.18. The number of hydrogen-bond donors (Lipinski definition) is 0. The number of carbonyl (C=O) groups excluding carboxylic acids is 2. The summed E-state index contributed by atoms with van der Waals surface area (Å²) in [6.07, 6.45) is 2.50. The second-order valence-electron chi connectivity index (χ2n) is 5.81. The minimum Gasteiger partial charge on any atom is -0.458 e. The maximum atomic E-state index is 12.1. The summed E-state index contributed by atoms with van der Waals surface area (Å²) >= 11 is 6.03. The summed E-state index contributed by atoms with van der Waals surface area (Å²) in [5.74, 6) is -0.919. The van der Waals surface area contributed by atoms with Crippen LogP contribution in [0.15, 0.2) is 41.7 Å². The molecule has 0 spiro atoms. The van der Waals surface area contributed by atoms with Gasteiger partial charge in [0, 0.05) is 22.6 Å². The molecule has 6 heteroatoms. The van der Waals surface area contributed by atoms with Crippen LogP contribution in [0.3, 0.4) is 0 Å². The predicted molar refractivity (Wildman–Crippen MR) is 80.3 cm³/mol. The monoisotopic (exact) mass is 332 g/mol. The van der Waals surface area contributed by atoms with Crippen LogP contribution in [0.1, 0.15) is 24.2 Å². The molecule has 4 rings (SSSR count). The first-order valence-electron chi connectivity index (χ1n) is 7.27. The van der Waals surface area contributed by atoms with Gasteiger partial charge in [-0.1, -0.05) is 17.7 Å². The lowest BCUT2D eigenvalue weighted by atomic mass is 9.98. The van der Waals surface area contributed by atoms with E-state index in [4.69, 9.17) is 25.8 Å². The van der Waals surface area contributed by atoms with Crippen LogP contribution in [0.5, 0.6) is 0 Å². The Kier molecular flexibility index (Phi) is 3.20. The summed E-state index contributed by atoms with van der Waals surface area (Å²) in [5, 5.41) is 0.618. The van der Waals surface area contributed by atoms with Crippen molar-refractivity contribution < 1.29 is 23.8 Å². The largest absolute Gasteiger partial charge is 0.458 e. The van der Waals surface area contributed by atoms with E-state index in [9.17, 15) is 9.59 Å². The molecule has 1 aliphatic carbocycles. The van der Waals surface area contributed by atoms with Crippen LogP contribution in [-0.2, 0) is 30.2 Å². The van der Waals surface area contributed by atoms with E-state index in [0.717, 1.165) is 11.1 Å². The van der Waals surface area contributed by atoms with Gasteiger partial charge in [-0.3, -0.25) is 0 Å². The Morgan fingerprint density at radius 1 is 1.26 bits per heavy atom. The summed E-state index contributed by atoms with van der Waals surface area (Å²) < 4.78 is 15.9. The lowest BCUT2D eigenvalue weighted by Gasteiger charge is -2.09. The van der Waals surface area contributed by atoms with E-state index in [1.165, 1.54) is 6.26 Å². The number of halogens is 1. The first-order valence-corrected chi connectivity index (χ1v) is 7.65. The van der Waals surface area contributed by atoms with Crippen molar-refractivity contribution in [3.63, 3.8) is 0 Å². The molecular weight excluding hydrogens is 320 g/mol. The first kappa shape index (κ1) is 14.3. The van der Waals surface area contributed by atoms with Gasteiger partial charge in [-0.05, 0) is 36.6 Å². The Morgan fingerprint density at radius 2 is 2.09 bits per heavy atom. The van der Waals surface area contributed by atoms with Crippen molar-refractivity contribution in [2.24, 2.45) is 5.92 Å². The first-order chi connectivity index (χ1) is 11.0. The molecule has 23 heavy (non-hydrogen) atoms. The van der Waals surface area contributed by atoms with Crippen LogP contribution >= 0.6 is 11.6 Å². The molecule has 1 saturated heterocycles. The van der Waals surface area contributed by atoms with E-state index in [0.29, 0.717) is 22.6 Å². The number of benzene rings is 1. The minimum atomic E-state index is -0.792. The highest BCUT2D eigenvalue weighted by Crippen LogP contribution is 2.48. The molecule has 0 bridgehead atoms. The zero-order valence-electron chi connectivity index (χ0n) is 12.2. The summed E-state index contributed by atoms with van der Waals surface area (Å²) in [7, 11) is 0. The Morgan fingerprint density at radius 3 is 2.83 bits per heavy atom. The Hall–Kier alpha value is -2.27. The van der Waals surface area contributed by atoms with Crippen molar-refractivity contribution >= 4 is 23.5 Å². The second-order valence-corrected chi connectivity index (χ2v) is 6.25. The standard InChI is InChI=1S/C17H13ClO5/c1-8-4-14(22-16(8)19)21-7-13-12-5-9-2-3-10(18)6-11(9)15(12)23-17(13)20/h2-4,6-7,12,14-15H,5H2,1H3/b13-7+/t12-,14+,15-/m1/s1. The van der Waals surface area contributed by atoms with Crippen molar-refractivity contribution in [2.45, 2.75) is 25.7 Å². The van der Waals surface area contributed by atoms with Crippen molar-refractivity contribution in [3.05, 3.63) is 57.8 Å². The molecule has 118 valence electrons. The number of rotatable bonds is 2. The van der Waals surface area contributed by atoms with E-state index in [-0.39, 0.29) is 12.0 Å². The van der Waals surface area contributed by atoms with Gasteiger partial charge < -0.3 is 14.2 Å². The smallest absolute Gasteiger partial charge is 0.338 e. The van der Waals surface area contributed by atoms with E-state index < -0.39 is 18.2 Å². The van der Waals surface area contributed by atoms with Gasteiger partial charge in [0.05, 0.1) is 11.8 Å². The maximum Gasteiger partial charge on any atom is 0.338 e. The van der Waals surface area contributed by atoms with Gasteiger partial charge in [-0.2, -0.15) is 0 Å². The van der Waals surface area contributed by atoms with E-state index in [1.807, 2.05) is 18.2 Å². The number of esters is 2. The lowest BCUT2D eigenvalue weighted by Crippen LogP contribution is -2.11. The van der Waals surface area contributed by atoms with Crippen LogP contribution in [0.4, 0.5) is 0 Å². The van der Waals surface area contributed by atoms with E-state index >= 15 is 0 Å². The van der Waals surface area contributed by atoms with E-state index in [2.05, 4.69) is 0 Å². The van der Waals surface area contributed by atoms with Gasteiger partial charge in [0.1, 0.15) is 6.10 Å². The molecule has 0 aromatic heterocycles.